The van der Waals surface area contributed by atoms with Crippen molar-refractivity contribution in [1.29, 1.82) is 0 Å². The number of hydrogen-bond donors (Lipinski definition) is 3. The van der Waals surface area contributed by atoms with Crippen LogP contribution in [0.25, 0.3) is 0 Å². The minimum absolute atomic E-state index is 0.0217. The maximum atomic E-state index is 11.8. The molecular formula is C15H23ClN2O3. The first-order valence-corrected chi connectivity index (χ1v) is 7.54. The summed E-state index contributed by atoms with van der Waals surface area (Å²) in [7, 11) is 0. The molecule has 1 rings (SSSR count). The van der Waals surface area contributed by atoms with Crippen molar-refractivity contribution in [3.05, 3.63) is 28.8 Å². The number of rotatable bonds is 8. The van der Waals surface area contributed by atoms with E-state index in [4.69, 9.17) is 21.4 Å². The van der Waals surface area contributed by atoms with Gasteiger partial charge in [0.25, 0.3) is 0 Å². The van der Waals surface area contributed by atoms with Gasteiger partial charge in [-0.2, -0.15) is 0 Å². The summed E-state index contributed by atoms with van der Waals surface area (Å²) in [6.07, 6.45) is 1.33. The third kappa shape index (κ3) is 6.23. The van der Waals surface area contributed by atoms with Gasteiger partial charge < -0.3 is 20.5 Å². The Hall–Kier alpha value is -1.46. The zero-order chi connectivity index (χ0) is 15.7. The van der Waals surface area contributed by atoms with Crippen molar-refractivity contribution in [2.45, 2.75) is 39.3 Å². The maximum absolute atomic E-state index is 11.8. The first-order chi connectivity index (χ1) is 10.1. The second-order valence-electron chi connectivity index (χ2n) is 4.63. The molecule has 3 N–H and O–H groups in total. The summed E-state index contributed by atoms with van der Waals surface area (Å²) in [5, 5.41) is 15.1. The molecule has 0 bridgehead atoms. The third-order valence-electron chi connectivity index (χ3n) is 3.07. The van der Waals surface area contributed by atoms with Crippen molar-refractivity contribution in [3.8, 4) is 5.75 Å². The molecule has 0 spiro atoms. The summed E-state index contributed by atoms with van der Waals surface area (Å²) in [6, 6.07) is 5.05. The lowest BCUT2D eigenvalue weighted by molar-refractivity contribution is 0.227. The van der Waals surface area contributed by atoms with Gasteiger partial charge in [-0.15, -0.1) is 0 Å². The molecule has 1 aromatic carbocycles. The van der Waals surface area contributed by atoms with Crippen molar-refractivity contribution in [2.75, 3.05) is 13.2 Å². The number of aliphatic hydroxyl groups excluding tert-OH is 1. The molecule has 0 aliphatic carbocycles. The zero-order valence-corrected chi connectivity index (χ0v) is 13.2. The van der Waals surface area contributed by atoms with Gasteiger partial charge in [-0.3, -0.25) is 0 Å². The minimum Gasteiger partial charge on any atom is -0.493 e. The largest absolute Gasteiger partial charge is 0.493 e. The molecular weight excluding hydrogens is 292 g/mol. The molecule has 0 saturated carbocycles. The van der Waals surface area contributed by atoms with Crippen LogP contribution >= 0.6 is 11.6 Å². The number of aliphatic hydroxyl groups is 1. The summed E-state index contributed by atoms with van der Waals surface area (Å²) >= 11 is 5.93. The quantitative estimate of drug-likeness (QED) is 0.691. The van der Waals surface area contributed by atoms with Crippen LogP contribution < -0.4 is 15.4 Å². The second-order valence-corrected chi connectivity index (χ2v) is 5.07. The fourth-order valence-corrected chi connectivity index (χ4v) is 2.07. The maximum Gasteiger partial charge on any atom is 0.315 e. The fraction of sp³-hybridized carbons (Fsp3) is 0.533. The van der Waals surface area contributed by atoms with Crippen molar-refractivity contribution >= 4 is 17.6 Å². The van der Waals surface area contributed by atoms with Crippen LogP contribution in [0.5, 0.6) is 5.75 Å². The molecule has 0 radical (unpaired) electrons. The lowest BCUT2D eigenvalue weighted by Crippen LogP contribution is -2.41. The molecule has 118 valence electrons. The van der Waals surface area contributed by atoms with E-state index in [9.17, 15) is 4.79 Å². The molecule has 0 aromatic heterocycles. The predicted molar refractivity (Wildman–Crippen MR) is 83.8 cm³/mol. The van der Waals surface area contributed by atoms with E-state index >= 15 is 0 Å². The molecule has 21 heavy (non-hydrogen) atoms. The van der Waals surface area contributed by atoms with Gasteiger partial charge in [0.2, 0.25) is 0 Å². The number of hydrogen-bond acceptors (Lipinski definition) is 3. The molecule has 2 amide bonds. The van der Waals surface area contributed by atoms with Crippen LogP contribution in [0.2, 0.25) is 5.02 Å². The smallest absolute Gasteiger partial charge is 0.315 e. The lowest BCUT2D eigenvalue weighted by Gasteiger charge is -2.17. The Balaban J connectivity index is 2.56. The molecule has 0 fully saturated rings. The van der Waals surface area contributed by atoms with Crippen molar-refractivity contribution in [2.24, 2.45) is 0 Å². The average Bonchev–Trinajstić information content (AvgIpc) is 2.46. The number of ether oxygens (including phenoxy) is 1. The van der Waals surface area contributed by atoms with Gasteiger partial charge in [0, 0.05) is 29.8 Å². The van der Waals surface area contributed by atoms with E-state index in [1.807, 2.05) is 19.9 Å². The molecule has 0 saturated heterocycles. The van der Waals surface area contributed by atoms with E-state index in [1.165, 1.54) is 0 Å². The predicted octanol–water partition coefficient (Wildman–Crippen LogP) is 2.70. The van der Waals surface area contributed by atoms with Crippen LogP contribution in [0.1, 0.15) is 32.3 Å². The third-order valence-corrected chi connectivity index (χ3v) is 3.31. The van der Waals surface area contributed by atoms with Gasteiger partial charge in [0.1, 0.15) is 5.75 Å². The van der Waals surface area contributed by atoms with Crippen molar-refractivity contribution in [1.82, 2.24) is 10.6 Å². The highest BCUT2D eigenvalue weighted by Gasteiger charge is 2.10. The van der Waals surface area contributed by atoms with E-state index in [0.29, 0.717) is 30.3 Å². The van der Waals surface area contributed by atoms with E-state index in [0.717, 1.165) is 12.0 Å². The number of halogens is 1. The van der Waals surface area contributed by atoms with E-state index in [1.54, 1.807) is 12.1 Å². The van der Waals surface area contributed by atoms with E-state index in [-0.39, 0.29) is 18.7 Å². The summed E-state index contributed by atoms with van der Waals surface area (Å²) in [5.74, 6) is 0.674. The molecule has 1 unspecified atom stereocenters. The number of carbonyl (C=O) groups excluding carboxylic acids is 1. The van der Waals surface area contributed by atoms with Crippen molar-refractivity contribution in [3.63, 3.8) is 0 Å². The molecule has 1 aromatic rings. The second kappa shape index (κ2) is 9.47. The fourth-order valence-electron chi connectivity index (χ4n) is 1.91. The first kappa shape index (κ1) is 17.6. The molecule has 1 atom stereocenters. The van der Waals surface area contributed by atoms with Gasteiger partial charge >= 0.3 is 6.03 Å². The average molecular weight is 315 g/mol. The molecule has 6 heteroatoms. The van der Waals surface area contributed by atoms with Gasteiger partial charge in [0.05, 0.1) is 6.61 Å². The summed E-state index contributed by atoms with van der Waals surface area (Å²) < 4.78 is 5.50. The number of urea groups is 1. The van der Waals surface area contributed by atoms with Gasteiger partial charge in [-0.25, -0.2) is 4.79 Å². The zero-order valence-electron chi connectivity index (χ0n) is 12.5. The highest BCUT2D eigenvalue weighted by Crippen LogP contribution is 2.23. The Morgan fingerprint density at radius 2 is 2.19 bits per heavy atom. The number of benzene rings is 1. The topological polar surface area (TPSA) is 70.6 Å². The highest BCUT2D eigenvalue weighted by molar-refractivity contribution is 6.30. The number of carbonyl (C=O) groups is 1. The Labute approximate surface area is 130 Å². The summed E-state index contributed by atoms with van der Waals surface area (Å²) in [6.45, 7) is 4.81. The van der Waals surface area contributed by atoms with Gasteiger partial charge in [-0.05, 0) is 31.9 Å². The van der Waals surface area contributed by atoms with E-state index < -0.39 is 0 Å². The highest BCUT2D eigenvalue weighted by atomic mass is 35.5. The Kier molecular flexibility index (Phi) is 7.93. The van der Waals surface area contributed by atoms with Gasteiger partial charge in [-0.1, -0.05) is 24.6 Å². The molecule has 0 aliphatic rings. The Bertz CT molecular complexity index is 455. The molecule has 0 heterocycles. The first-order valence-electron chi connectivity index (χ1n) is 7.17. The Morgan fingerprint density at radius 3 is 2.81 bits per heavy atom. The number of amides is 2. The molecule has 0 aliphatic heterocycles. The van der Waals surface area contributed by atoms with Crippen LogP contribution in [-0.4, -0.2) is 30.4 Å². The number of nitrogens with one attached hydrogen (secondary N) is 2. The van der Waals surface area contributed by atoms with E-state index in [2.05, 4.69) is 10.6 Å². The minimum atomic E-state index is -0.257. The van der Waals surface area contributed by atoms with Crippen LogP contribution in [0.4, 0.5) is 4.79 Å². The van der Waals surface area contributed by atoms with Crippen LogP contribution in [0.3, 0.4) is 0 Å². The monoisotopic (exact) mass is 314 g/mol. The molecule has 5 nitrogen and oxygen atoms in total. The standard InChI is InChI=1S/C15H23ClN2O3/c1-3-13(7-8-19)18-15(20)17-10-11-5-6-12(16)9-14(11)21-4-2/h5-6,9,13,19H,3-4,7-8,10H2,1-2H3,(H2,17,18,20). The van der Waals surface area contributed by atoms with Gasteiger partial charge in [0.15, 0.2) is 0 Å². The summed E-state index contributed by atoms with van der Waals surface area (Å²) in [5.41, 5.74) is 0.867. The van der Waals surface area contributed by atoms with Crippen LogP contribution in [-0.2, 0) is 6.54 Å². The van der Waals surface area contributed by atoms with Crippen LogP contribution in [0.15, 0.2) is 18.2 Å². The Morgan fingerprint density at radius 1 is 1.43 bits per heavy atom. The van der Waals surface area contributed by atoms with Crippen molar-refractivity contribution < 1.29 is 14.6 Å². The summed E-state index contributed by atoms with van der Waals surface area (Å²) in [4.78, 5) is 11.8. The SMILES string of the molecule is CCOc1cc(Cl)ccc1CNC(=O)NC(CC)CCO. The normalized spacial score (nSPS) is 11.8. The lowest BCUT2D eigenvalue weighted by atomic mass is 10.1. The van der Waals surface area contributed by atoms with Crippen LogP contribution in [0, 0.1) is 0 Å².